The number of likely N-dealkylation sites (tertiary alicyclic amines) is 1. The largest absolute Gasteiger partial charge is 0.381 e. The lowest BCUT2D eigenvalue weighted by atomic mass is 9.75. The van der Waals surface area contributed by atoms with Gasteiger partial charge in [0, 0.05) is 37.9 Å². The summed E-state index contributed by atoms with van der Waals surface area (Å²) < 4.78 is 11.3. The van der Waals surface area contributed by atoms with Gasteiger partial charge < -0.3 is 19.5 Å². The molecule has 32 heavy (non-hydrogen) atoms. The second-order valence-corrected chi connectivity index (χ2v) is 10.0. The average Bonchev–Trinajstić information content (AvgIpc) is 3.46. The van der Waals surface area contributed by atoms with Crippen LogP contribution < -0.4 is 5.32 Å². The average molecular weight is 439 g/mol. The number of carbonyl (C=O) groups is 1. The number of urea groups is 1. The summed E-state index contributed by atoms with van der Waals surface area (Å²) in [5, 5.41) is 7.59. The molecule has 1 unspecified atom stereocenters. The van der Waals surface area contributed by atoms with Crippen molar-refractivity contribution in [2.75, 3.05) is 31.6 Å². The molecule has 1 saturated carbocycles. The van der Waals surface area contributed by atoms with Crippen LogP contribution in [0.1, 0.15) is 73.7 Å². The van der Waals surface area contributed by atoms with Crippen LogP contribution in [0.15, 0.2) is 22.7 Å². The standard InChI is InChI=1S/C25H34N4O3/c1-17-4-7-21(14-18(17)2)26-24(30)29-11-3-10-25(16-29,15-19-5-6-19)23-27-22(32-28-23)20-8-12-31-13-9-20/h4,7,14,19-20H,3,5-6,8-13,15-16H2,1-2H3,(H,26,30). The maximum Gasteiger partial charge on any atom is 0.321 e. The second kappa shape index (κ2) is 8.85. The SMILES string of the molecule is Cc1ccc(NC(=O)N2CCCC(CC3CC3)(c3noc(C4CCOCC4)n3)C2)cc1C. The van der Waals surface area contributed by atoms with Gasteiger partial charge in [-0.3, -0.25) is 0 Å². The van der Waals surface area contributed by atoms with Crippen LogP contribution in [0.3, 0.4) is 0 Å². The fourth-order valence-corrected chi connectivity index (χ4v) is 5.20. The fraction of sp³-hybridized carbons (Fsp3) is 0.640. The van der Waals surface area contributed by atoms with Gasteiger partial charge in [-0.25, -0.2) is 4.79 Å². The number of nitrogens with zero attached hydrogens (tertiary/aromatic N) is 3. The molecular formula is C25H34N4O3. The third-order valence-electron chi connectivity index (χ3n) is 7.49. The minimum Gasteiger partial charge on any atom is -0.381 e. The maximum absolute atomic E-state index is 13.2. The van der Waals surface area contributed by atoms with E-state index in [4.69, 9.17) is 14.2 Å². The summed E-state index contributed by atoms with van der Waals surface area (Å²) in [4.78, 5) is 20.0. The van der Waals surface area contributed by atoms with E-state index in [1.165, 1.54) is 24.0 Å². The summed E-state index contributed by atoms with van der Waals surface area (Å²) >= 11 is 0. The number of benzene rings is 1. The quantitative estimate of drug-likeness (QED) is 0.715. The third-order valence-corrected chi connectivity index (χ3v) is 7.49. The number of aryl methyl sites for hydroxylation is 2. The predicted molar refractivity (Wildman–Crippen MR) is 122 cm³/mol. The van der Waals surface area contributed by atoms with Crippen LogP contribution in [-0.4, -0.2) is 47.4 Å². The summed E-state index contributed by atoms with van der Waals surface area (Å²) in [7, 11) is 0. The molecule has 0 spiro atoms. The van der Waals surface area contributed by atoms with Gasteiger partial charge in [-0.1, -0.05) is 24.1 Å². The molecule has 7 nitrogen and oxygen atoms in total. The first-order valence-electron chi connectivity index (χ1n) is 12.1. The molecule has 2 aliphatic heterocycles. The smallest absolute Gasteiger partial charge is 0.321 e. The van der Waals surface area contributed by atoms with Crippen LogP contribution in [0, 0.1) is 19.8 Å². The highest BCUT2D eigenvalue weighted by atomic mass is 16.5. The summed E-state index contributed by atoms with van der Waals surface area (Å²) in [6.45, 7) is 7.06. The van der Waals surface area contributed by atoms with Crippen molar-refractivity contribution < 1.29 is 14.1 Å². The van der Waals surface area contributed by atoms with Gasteiger partial charge in [-0.2, -0.15) is 4.98 Å². The Hall–Kier alpha value is -2.41. The van der Waals surface area contributed by atoms with E-state index in [-0.39, 0.29) is 17.4 Å². The van der Waals surface area contributed by atoms with Gasteiger partial charge in [0.1, 0.15) is 0 Å². The number of amides is 2. The van der Waals surface area contributed by atoms with Crippen LogP contribution in [0.5, 0.6) is 0 Å². The number of piperidine rings is 1. The van der Waals surface area contributed by atoms with Crippen LogP contribution in [-0.2, 0) is 10.2 Å². The van der Waals surface area contributed by atoms with E-state index in [0.29, 0.717) is 12.5 Å². The number of rotatable bonds is 5. The van der Waals surface area contributed by atoms with Gasteiger partial charge in [0.15, 0.2) is 5.82 Å². The minimum absolute atomic E-state index is 0.0405. The van der Waals surface area contributed by atoms with E-state index >= 15 is 0 Å². The first kappa shape index (κ1) is 21.4. The molecule has 1 aliphatic carbocycles. The molecule has 3 aliphatic rings. The third kappa shape index (κ3) is 4.53. The van der Waals surface area contributed by atoms with Gasteiger partial charge in [-0.15, -0.1) is 0 Å². The highest BCUT2D eigenvalue weighted by Crippen LogP contribution is 2.46. The monoisotopic (exact) mass is 438 g/mol. The first-order valence-corrected chi connectivity index (χ1v) is 12.1. The number of hydrogen-bond donors (Lipinski definition) is 1. The number of hydrogen-bond acceptors (Lipinski definition) is 5. The van der Waals surface area contributed by atoms with Crippen LogP contribution in [0.2, 0.25) is 0 Å². The Morgan fingerprint density at radius 1 is 1.19 bits per heavy atom. The summed E-state index contributed by atoms with van der Waals surface area (Å²) in [5.74, 6) is 2.54. The van der Waals surface area contributed by atoms with Gasteiger partial charge in [-0.05, 0) is 75.1 Å². The first-order chi connectivity index (χ1) is 15.5. The van der Waals surface area contributed by atoms with Crippen molar-refractivity contribution in [2.24, 2.45) is 5.92 Å². The Kier molecular flexibility index (Phi) is 5.93. The van der Waals surface area contributed by atoms with Crippen LogP contribution >= 0.6 is 0 Å². The summed E-state index contributed by atoms with van der Waals surface area (Å²) in [6, 6.07) is 6.02. The van der Waals surface area contributed by atoms with Crippen LogP contribution in [0.4, 0.5) is 10.5 Å². The van der Waals surface area contributed by atoms with Gasteiger partial charge in [0.2, 0.25) is 5.89 Å². The lowest BCUT2D eigenvalue weighted by Crippen LogP contribution is -2.50. The van der Waals surface area contributed by atoms with E-state index in [1.807, 2.05) is 17.0 Å². The highest BCUT2D eigenvalue weighted by molar-refractivity contribution is 5.89. The van der Waals surface area contributed by atoms with E-state index in [9.17, 15) is 4.79 Å². The molecule has 2 aromatic rings. The molecule has 2 saturated heterocycles. The Morgan fingerprint density at radius 3 is 2.75 bits per heavy atom. The Labute approximate surface area is 189 Å². The van der Waals surface area contributed by atoms with Crippen molar-refractivity contribution in [2.45, 2.75) is 70.1 Å². The van der Waals surface area contributed by atoms with Crippen LogP contribution in [0.25, 0.3) is 0 Å². The Morgan fingerprint density at radius 2 is 2.00 bits per heavy atom. The lowest BCUT2D eigenvalue weighted by Gasteiger charge is -2.41. The van der Waals surface area contributed by atoms with E-state index in [0.717, 1.165) is 69.3 Å². The number of ether oxygens (including phenoxy) is 1. The van der Waals surface area contributed by atoms with Crippen molar-refractivity contribution in [3.8, 4) is 0 Å². The molecular weight excluding hydrogens is 404 g/mol. The van der Waals surface area contributed by atoms with E-state index < -0.39 is 0 Å². The fourth-order valence-electron chi connectivity index (χ4n) is 5.20. The minimum atomic E-state index is -0.215. The molecule has 7 heteroatoms. The maximum atomic E-state index is 13.2. The van der Waals surface area contributed by atoms with Crippen molar-refractivity contribution in [1.82, 2.24) is 15.0 Å². The molecule has 0 bridgehead atoms. The van der Waals surface area contributed by atoms with E-state index in [2.05, 4.69) is 30.4 Å². The lowest BCUT2D eigenvalue weighted by molar-refractivity contribution is 0.0778. The molecule has 1 aromatic heterocycles. The zero-order valence-corrected chi connectivity index (χ0v) is 19.2. The summed E-state index contributed by atoms with van der Waals surface area (Å²) in [6.07, 6.45) is 7.39. The number of aromatic nitrogens is 2. The molecule has 2 amide bonds. The molecule has 3 fully saturated rings. The van der Waals surface area contributed by atoms with Crippen molar-refractivity contribution in [3.05, 3.63) is 41.0 Å². The molecule has 3 heterocycles. The molecule has 1 N–H and O–H groups in total. The van der Waals surface area contributed by atoms with Crippen molar-refractivity contribution in [3.63, 3.8) is 0 Å². The zero-order valence-electron chi connectivity index (χ0n) is 19.2. The Bertz CT molecular complexity index is 964. The Balaban J connectivity index is 1.34. The van der Waals surface area contributed by atoms with Crippen molar-refractivity contribution >= 4 is 11.7 Å². The molecule has 1 atom stereocenters. The molecule has 172 valence electrons. The van der Waals surface area contributed by atoms with Gasteiger partial charge in [0.05, 0.1) is 5.41 Å². The molecule has 1 aromatic carbocycles. The second-order valence-electron chi connectivity index (χ2n) is 10.0. The number of carbonyl (C=O) groups excluding carboxylic acids is 1. The number of anilines is 1. The van der Waals surface area contributed by atoms with Crippen molar-refractivity contribution in [1.29, 1.82) is 0 Å². The predicted octanol–water partition coefficient (Wildman–Crippen LogP) is 4.95. The van der Waals surface area contributed by atoms with Gasteiger partial charge >= 0.3 is 6.03 Å². The topological polar surface area (TPSA) is 80.5 Å². The molecule has 5 rings (SSSR count). The normalized spacial score (nSPS) is 24.5. The van der Waals surface area contributed by atoms with Gasteiger partial charge in [0.25, 0.3) is 0 Å². The zero-order chi connectivity index (χ0) is 22.1. The molecule has 0 radical (unpaired) electrons. The highest BCUT2D eigenvalue weighted by Gasteiger charge is 2.46. The summed E-state index contributed by atoms with van der Waals surface area (Å²) in [5.41, 5.74) is 3.03. The number of nitrogens with one attached hydrogen (secondary N) is 1. The van der Waals surface area contributed by atoms with E-state index in [1.54, 1.807) is 0 Å².